The molecule has 0 saturated carbocycles. The van der Waals surface area contributed by atoms with Crippen LogP contribution in [0.5, 0.6) is 0 Å². The van der Waals surface area contributed by atoms with Gasteiger partial charge >= 0.3 is 0 Å². The third-order valence-corrected chi connectivity index (χ3v) is 5.51. The molecule has 124 valence electrons. The molecule has 8 heteroatoms. The van der Waals surface area contributed by atoms with E-state index in [9.17, 15) is 18.0 Å². The minimum absolute atomic E-state index is 0.0201. The lowest BCUT2D eigenvalue weighted by Gasteiger charge is -2.41. The summed E-state index contributed by atoms with van der Waals surface area (Å²) >= 11 is 0. The van der Waals surface area contributed by atoms with Crippen LogP contribution in [0.2, 0.25) is 0 Å². The van der Waals surface area contributed by atoms with Gasteiger partial charge in [-0.05, 0) is 44.0 Å². The number of sulfonamides is 1. The van der Waals surface area contributed by atoms with Gasteiger partial charge in [0.15, 0.2) is 0 Å². The van der Waals surface area contributed by atoms with Crippen LogP contribution in [0.15, 0.2) is 29.2 Å². The third kappa shape index (κ3) is 2.84. The number of carbonyl (C=O) groups excluding carboxylic acids is 2. The van der Waals surface area contributed by atoms with Gasteiger partial charge in [0, 0.05) is 24.7 Å². The predicted octanol–water partition coefficient (Wildman–Crippen LogP) is 0.169. The van der Waals surface area contributed by atoms with Gasteiger partial charge in [0.05, 0.1) is 4.90 Å². The summed E-state index contributed by atoms with van der Waals surface area (Å²) in [6.07, 6.45) is 1.88. The number of nitrogens with two attached hydrogens (primary N) is 1. The van der Waals surface area contributed by atoms with Gasteiger partial charge < -0.3 is 9.80 Å². The molecule has 0 aliphatic carbocycles. The van der Waals surface area contributed by atoms with Crippen molar-refractivity contribution in [2.45, 2.75) is 36.7 Å². The van der Waals surface area contributed by atoms with E-state index in [0.717, 1.165) is 19.4 Å². The number of amides is 2. The largest absolute Gasteiger partial charge is 0.336 e. The van der Waals surface area contributed by atoms with Crippen molar-refractivity contribution in [2.24, 2.45) is 5.14 Å². The summed E-state index contributed by atoms with van der Waals surface area (Å²) in [7, 11) is -3.79. The summed E-state index contributed by atoms with van der Waals surface area (Å²) < 4.78 is 22.5. The van der Waals surface area contributed by atoms with Crippen LogP contribution in [-0.4, -0.2) is 55.2 Å². The Bertz CT molecular complexity index is 744. The second kappa shape index (κ2) is 5.61. The molecule has 2 fully saturated rings. The van der Waals surface area contributed by atoms with Crippen LogP contribution in [-0.2, 0) is 14.8 Å². The zero-order valence-corrected chi connectivity index (χ0v) is 13.6. The molecule has 0 bridgehead atoms. The molecule has 2 saturated heterocycles. The maximum atomic E-state index is 12.7. The molecule has 3 rings (SSSR count). The van der Waals surface area contributed by atoms with Gasteiger partial charge in [-0.25, -0.2) is 13.6 Å². The monoisotopic (exact) mass is 337 g/mol. The van der Waals surface area contributed by atoms with Crippen molar-refractivity contribution in [1.82, 2.24) is 9.80 Å². The smallest absolute Gasteiger partial charge is 0.254 e. The summed E-state index contributed by atoms with van der Waals surface area (Å²) in [6, 6.07) is 5.06. The maximum Gasteiger partial charge on any atom is 0.254 e. The van der Waals surface area contributed by atoms with Crippen molar-refractivity contribution in [2.75, 3.05) is 13.1 Å². The summed E-state index contributed by atoms with van der Waals surface area (Å²) in [5.41, 5.74) is 0.350. The van der Waals surface area contributed by atoms with Crippen molar-refractivity contribution >= 4 is 21.8 Å². The number of rotatable bonds is 2. The van der Waals surface area contributed by atoms with E-state index >= 15 is 0 Å². The number of hydrogen-bond acceptors (Lipinski definition) is 4. The molecular weight excluding hydrogens is 318 g/mol. The topological polar surface area (TPSA) is 101 Å². The Labute approximate surface area is 135 Å². The fourth-order valence-electron chi connectivity index (χ4n) is 3.29. The Hall–Kier alpha value is -1.93. The Balaban J connectivity index is 1.83. The SMILES string of the molecule is C[C@@H]1C(=O)N2CCC[C@@H]2CN1C(=O)c1ccc(S(N)(=O)=O)cc1. The number of carbonyl (C=O) groups is 2. The molecule has 0 aromatic heterocycles. The van der Waals surface area contributed by atoms with E-state index in [1.54, 1.807) is 11.8 Å². The fourth-order valence-corrected chi connectivity index (χ4v) is 3.80. The van der Waals surface area contributed by atoms with Crippen LogP contribution >= 0.6 is 0 Å². The second-order valence-electron chi connectivity index (χ2n) is 6.03. The van der Waals surface area contributed by atoms with Crippen molar-refractivity contribution in [1.29, 1.82) is 0 Å². The molecule has 2 aliphatic heterocycles. The maximum absolute atomic E-state index is 12.7. The van der Waals surface area contributed by atoms with E-state index in [1.165, 1.54) is 24.3 Å². The highest BCUT2D eigenvalue weighted by Gasteiger charge is 2.42. The molecule has 0 spiro atoms. The number of piperazine rings is 1. The first-order valence-corrected chi connectivity index (χ1v) is 9.08. The lowest BCUT2D eigenvalue weighted by Crippen LogP contribution is -2.60. The molecule has 2 aliphatic rings. The average molecular weight is 337 g/mol. The van der Waals surface area contributed by atoms with Crippen molar-refractivity contribution in [3.63, 3.8) is 0 Å². The van der Waals surface area contributed by atoms with Gasteiger partial charge in [-0.3, -0.25) is 9.59 Å². The van der Waals surface area contributed by atoms with E-state index in [-0.39, 0.29) is 22.8 Å². The predicted molar refractivity (Wildman–Crippen MR) is 83.0 cm³/mol. The number of fused-ring (bicyclic) bond motifs is 1. The van der Waals surface area contributed by atoms with Crippen molar-refractivity contribution < 1.29 is 18.0 Å². The zero-order chi connectivity index (χ0) is 16.8. The van der Waals surface area contributed by atoms with Crippen molar-refractivity contribution in [3.05, 3.63) is 29.8 Å². The number of nitrogens with zero attached hydrogens (tertiary/aromatic N) is 2. The van der Waals surface area contributed by atoms with Gasteiger partial charge in [0.25, 0.3) is 5.91 Å². The highest BCUT2D eigenvalue weighted by atomic mass is 32.2. The van der Waals surface area contributed by atoms with Crippen LogP contribution in [0.4, 0.5) is 0 Å². The van der Waals surface area contributed by atoms with Gasteiger partial charge in [-0.15, -0.1) is 0 Å². The number of benzene rings is 1. The molecule has 2 heterocycles. The minimum Gasteiger partial charge on any atom is -0.336 e. The molecule has 1 aromatic carbocycles. The molecule has 0 radical (unpaired) electrons. The zero-order valence-electron chi connectivity index (χ0n) is 12.8. The van der Waals surface area contributed by atoms with E-state index in [2.05, 4.69) is 0 Å². The fraction of sp³-hybridized carbons (Fsp3) is 0.467. The van der Waals surface area contributed by atoms with Gasteiger partial charge in [0.1, 0.15) is 6.04 Å². The van der Waals surface area contributed by atoms with Crippen LogP contribution in [0.3, 0.4) is 0 Å². The first-order valence-electron chi connectivity index (χ1n) is 7.53. The summed E-state index contributed by atoms with van der Waals surface area (Å²) in [4.78, 5) is 28.4. The van der Waals surface area contributed by atoms with Crippen LogP contribution < -0.4 is 5.14 Å². The molecular formula is C15H19N3O4S. The minimum atomic E-state index is -3.79. The first-order chi connectivity index (χ1) is 10.8. The highest BCUT2D eigenvalue weighted by Crippen LogP contribution is 2.26. The molecule has 2 N–H and O–H groups in total. The lowest BCUT2D eigenvalue weighted by molar-refractivity contribution is -0.141. The molecule has 1 aromatic rings. The quantitative estimate of drug-likeness (QED) is 0.831. The van der Waals surface area contributed by atoms with E-state index in [4.69, 9.17) is 5.14 Å². The van der Waals surface area contributed by atoms with Crippen LogP contribution in [0, 0.1) is 0 Å². The van der Waals surface area contributed by atoms with E-state index in [0.29, 0.717) is 12.1 Å². The Kier molecular flexibility index (Phi) is 3.89. The highest BCUT2D eigenvalue weighted by molar-refractivity contribution is 7.89. The summed E-state index contributed by atoms with van der Waals surface area (Å²) in [6.45, 7) is 3.01. The van der Waals surface area contributed by atoms with Crippen LogP contribution in [0.25, 0.3) is 0 Å². The number of primary sulfonamides is 1. The van der Waals surface area contributed by atoms with E-state index in [1.807, 2.05) is 4.90 Å². The third-order valence-electron chi connectivity index (χ3n) is 4.58. The summed E-state index contributed by atoms with van der Waals surface area (Å²) in [5.74, 6) is -0.286. The molecule has 23 heavy (non-hydrogen) atoms. The van der Waals surface area contributed by atoms with Crippen molar-refractivity contribution in [3.8, 4) is 0 Å². The first kappa shape index (κ1) is 15.9. The van der Waals surface area contributed by atoms with E-state index < -0.39 is 16.1 Å². The lowest BCUT2D eigenvalue weighted by atomic mass is 10.1. The standard InChI is InChI=1S/C15H19N3O4S/c1-10-14(19)17-8-2-3-12(17)9-18(10)15(20)11-4-6-13(7-5-11)23(16,21)22/h4-7,10,12H,2-3,8-9H2,1H3,(H2,16,21,22)/t10-,12-/m1/s1. The molecule has 2 amide bonds. The number of hydrogen-bond donors (Lipinski definition) is 1. The normalized spacial score (nSPS) is 24.7. The average Bonchev–Trinajstić information content (AvgIpc) is 2.98. The summed E-state index contributed by atoms with van der Waals surface area (Å²) in [5, 5.41) is 5.05. The Morgan fingerprint density at radius 1 is 1.26 bits per heavy atom. The molecule has 0 unspecified atom stereocenters. The molecule has 7 nitrogen and oxygen atoms in total. The van der Waals surface area contributed by atoms with Gasteiger partial charge in [-0.1, -0.05) is 0 Å². The Morgan fingerprint density at radius 3 is 2.52 bits per heavy atom. The van der Waals surface area contributed by atoms with Crippen LogP contribution in [0.1, 0.15) is 30.1 Å². The van der Waals surface area contributed by atoms with Gasteiger partial charge in [0.2, 0.25) is 15.9 Å². The second-order valence-corrected chi connectivity index (χ2v) is 7.59. The van der Waals surface area contributed by atoms with Gasteiger partial charge in [-0.2, -0.15) is 0 Å². The Morgan fingerprint density at radius 2 is 1.91 bits per heavy atom. The molecule has 2 atom stereocenters.